The number of hydrogen-bond acceptors (Lipinski definition) is 5. The van der Waals surface area contributed by atoms with Crippen LogP contribution in [0.15, 0.2) is 42.5 Å². The van der Waals surface area contributed by atoms with Crippen molar-refractivity contribution in [3.05, 3.63) is 62.9 Å². The van der Waals surface area contributed by atoms with E-state index in [4.69, 9.17) is 11.6 Å². The van der Waals surface area contributed by atoms with Gasteiger partial charge < -0.3 is 9.80 Å². The van der Waals surface area contributed by atoms with Crippen LogP contribution in [0.4, 0.5) is 0 Å². The molecule has 3 aromatic rings. The molecule has 8 heteroatoms. The number of carbonyl (C=O) groups excluding carboxylic acids is 2. The van der Waals surface area contributed by atoms with Crippen LogP contribution in [-0.2, 0) is 11.2 Å². The second-order valence-electron chi connectivity index (χ2n) is 7.55. The minimum absolute atomic E-state index is 0.0000737. The third-order valence-corrected chi connectivity index (χ3v) is 7.94. The minimum atomic E-state index is 0.0000737. The number of piperazine rings is 1. The Labute approximate surface area is 195 Å². The van der Waals surface area contributed by atoms with E-state index in [0.29, 0.717) is 41.8 Å². The molecule has 162 valence electrons. The Bertz CT molecular complexity index is 1060. The molecule has 0 spiro atoms. The number of amides is 2. The molecule has 0 N–H and O–H groups in total. The smallest absolute Gasteiger partial charge is 0.265 e. The first-order valence-corrected chi connectivity index (χ1v) is 12.4. The van der Waals surface area contributed by atoms with Crippen LogP contribution < -0.4 is 0 Å². The molecule has 1 aromatic carbocycles. The van der Waals surface area contributed by atoms with Crippen molar-refractivity contribution in [2.45, 2.75) is 26.2 Å². The Balaban J connectivity index is 1.29. The van der Waals surface area contributed by atoms with Gasteiger partial charge in [-0.15, -0.1) is 22.7 Å². The summed E-state index contributed by atoms with van der Waals surface area (Å²) in [5.41, 5.74) is 2.00. The first-order valence-electron chi connectivity index (χ1n) is 10.4. The predicted molar refractivity (Wildman–Crippen MR) is 127 cm³/mol. The SMILES string of the molecule is Cc1nc(-c2ccc(Cl)s2)sc1C(=O)N1CCN(C(=O)CCCc2ccccc2)CC1. The predicted octanol–water partition coefficient (Wildman–Crippen LogP) is 5.14. The maximum absolute atomic E-state index is 13.0. The van der Waals surface area contributed by atoms with Crippen molar-refractivity contribution in [1.82, 2.24) is 14.8 Å². The highest BCUT2D eigenvalue weighted by atomic mass is 35.5. The van der Waals surface area contributed by atoms with Gasteiger partial charge in [-0.3, -0.25) is 9.59 Å². The number of carbonyl (C=O) groups is 2. The summed E-state index contributed by atoms with van der Waals surface area (Å²) in [6, 6.07) is 14.0. The number of aromatic nitrogens is 1. The van der Waals surface area contributed by atoms with Gasteiger partial charge in [0, 0.05) is 32.6 Å². The van der Waals surface area contributed by atoms with Crippen molar-refractivity contribution >= 4 is 46.1 Å². The molecule has 0 saturated carbocycles. The molecule has 1 aliphatic rings. The Morgan fingerprint density at radius 2 is 1.71 bits per heavy atom. The molecule has 0 unspecified atom stereocenters. The lowest BCUT2D eigenvalue weighted by Crippen LogP contribution is -2.50. The van der Waals surface area contributed by atoms with Crippen LogP contribution in [0.3, 0.4) is 0 Å². The average Bonchev–Trinajstić information content (AvgIpc) is 3.39. The Morgan fingerprint density at radius 3 is 2.39 bits per heavy atom. The summed E-state index contributed by atoms with van der Waals surface area (Å²) in [5, 5.41) is 0.824. The molecule has 1 aliphatic heterocycles. The molecule has 1 fully saturated rings. The third kappa shape index (κ3) is 5.34. The topological polar surface area (TPSA) is 53.5 Å². The van der Waals surface area contributed by atoms with Crippen molar-refractivity contribution in [2.24, 2.45) is 0 Å². The highest BCUT2D eigenvalue weighted by Crippen LogP contribution is 2.35. The maximum Gasteiger partial charge on any atom is 0.265 e. The minimum Gasteiger partial charge on any atom is -0.339 e. The molecule has 1 saturated heterocycles. The zero-order valence-electron chi connectivity index (χ0n) is 17.3. The molecule has 3 heterocycles. The van der Waals surface area contributed by atoms with Gasteiger partial charge in [0.25, 0.3) is 5.91 Å². The van der Waals surface area contributed by atoms with Gasteiger partial charge in [-0.05, 0) is 37.5 Å². The third-order valence-electron chi connectivity index (χ3n) is 5.39. The molecule has 31 heavy (non-hydrogen) atoms. The van der Waals surface area contributed by atoms with Crippen LogP contribution in [-0.4, -0.2) is 52.8 Å². The number of thiazole rings is 1. The van der Waals surface area contributed by atoms with Crippen molar-refractivity contribution in [2.75, 3.05) is 26.2 Å². The monoisotopic (exact) mass is 473 g/mol. The van der Waals surface area contributed by atoms with E-state index in [1.54, 1.807) is 0 Å². The summed E-state index contributed by atoms with van der Waals surface area (Å²) >= 11 is 8.91. The number of rotatable bonds is 6. The Morgan fingerprint density at radius 1 is 1.00 bits per heavy atom. The molecule has 2 aromatic heterocycles. The van der Waals surface area contributed by atoms with Crippen molar-refractivity contribution in [3.63, 3.8) is 0 Å². The van der Waals surface area contributed by atoms with Crippen LogP contribution in [0.1, 0.15) is 33.8 Å². The fraction of sp³-hybridized carbons (Fsp3) is 0.348. The number of hydrogen-bond donors (Lipinski definition) is 0. The quantitative estimate of drug-likeness (QED) is 0.498. The van der Waals surface area contributed by atoms with E-state index in [1.807, 2.05) is 47.1 Å². The standard InChI is InChI=1S/C23H24ClN3O2S2/c1-16-21(31-22(25-16)18-10-11-19(24)30-18)23(29)27-14-12-26(13-15-27)20(28)9-5-8-17-6-3-2-4-7-17/h2-4,6-7,10-11H,5,8-9,12-15H2,1H3. The van der Waals surface area contributed by atoms with Gasteiger partial charge >= 0.3 is 0 Å². The van der Waals surface area contributed by atoms with E-state index >= 15 is 0 Å². The first kappa shape index (κ1) is 22.0. The fourth-order valence-corrected chi connectivity index (χ4v) is 5.81. The molecule has 0 aliphatic carbocycles. The zero-order chi connectivity index (χ0) is 21.8. The second-order valence-corrected chi connectivity index (χ2v) is 10.3. The van der Waals surface area contributed by atoms with E-state index in [1.165, 1.54) is 28.2 Å². The highest BCUT2D eigenvalue weighted by molar-refractivity contribution is 7.24. The number of aryl methyl sites for hydroxylation is 2. The summed E-state index contributed by atoms with van der Waals surface area (Å²) in [6.45, 7) is 4.15. The van der Waals surface area contributed by atoms with Crippen LogP contribution in [0, 0.1) is 6.92 Å². The van der Waals surface area contributed by atoms with E-state index in [0.717, 1.165) is 28.4 Å². The summed E-state index contributed by atoms with van der Waals surface area (Å²) in [6.07, 6.45) is 2.30. The van der Waals surface area contributed by atoms with Crippen LogP contribution in [0.25, 0.3) is 9.88 Å². The van der Waals surface area contributed by atoms with E-state index < -0.39 is 0 Å². The second kappa shape index (κ2) is 9.94. The molecule has 0 radical (unpaired) electrons. The van der Waals surface area contributed by atoms with Gasteiger partial charge in [-0.1, -0.05) is 41.9 Å². The van der Waals surface area contributed by atoms with Crippen molar-refractivity contribution < 1.29 is 9.59 Å². The van der Waals surface area contributed by atoms with Gasteiger partial charge in [-0.25, -0.2) is 4.98 Å². The van der Waals surface area contributed by atoms with E-state index in [9.17, 15) is 9.59 Å². The summed E-state index contributed by atoms with van der Waals surface area (Å²) in [7, 11) is 0. The van der Waals surface area contributed by atoms with Crippen molar-refractivity contribution in [3.8, 4) is 9.88 Å². The molecular weight excluding hydrogens is 450 g/mol. The first-order chi connectivity index (χ1) is 15.0. The lowest BCUT2D eigenvalue weighted by molar-refractivity contribution is -0.132. The van der Waals surface area contributed by atoms with Gasteiger partial charge in [0.1, 0.15) is 9.88 Å². The molecular formula is C23H24ClN3O2S2. The van der Waals surface area contributed by atoms with Gasteiger partial charge in [0.15, 0.2) is 0 Å². The lowest BCUT2D eigenvalue weighted by atomic mass is 10.1. The Hall–Kier alpha value is -2.22. The largest absolute Gasteiger partial charge is 0.339 e. The lowest BCUT2D eigenvalue weighted by Gasteiger charge is -2.34. The van der Waals surface area contributed by atoms with Gasteiger partial charge in [0.05, 0.1) is 14.9 Å². The summed E-state index contributed by atoms with van der Waals surface area (Å²) < 4.78 is 0.709. The van der Waals surface area contributed by atoms with E-state index in [2.05, 4.69) is 17.1 Å². The number of thiophene rings is 1. The molecule has 4 rings (SSSR count). The van der Waals surface area contributed by atoms with Crippen LogP contribution in [0.2, 0.25) is 4.34 Å². The molecule has 2 amide bonds. The number of benzene rings is 1. The van der Waals surface area contributed by atoms with E-state index in [-0.39, 0.29) is 11.8 Å². The zero-order valence-corrected chi connectivity index (χ0v) is 19.7. The molecule has 0 bridgehead atoms. The highest BCUT2D eigenvalue weighted by Gasteiger charge is 2.27. The fourth-order valence-electron chi connectivity index (χ4n) is 3.68. The number of nitrogens with zero attached hydrogens (tertiary/aromatic N) is 3. The molecule has 0 atom stereocenters. The average molecular weight is 474 g/mol. The summed E-state index contributed by atoms with van der Waals surface area (Å²) in [4.78, 5) is 35.5. The Kier molecular flexibility index (Phi) is 7.05. The normalized spacial score (nSPS) is 14.1. The van der Waals surface area contributed by atoms with Gasteiger partial charge in [-0.2, -0.15) is 0 Å². The summed E-state index contributed by atoms with van der Waals surface area (Å²) in [5.74, 6) is 0.175. The number of halogens is 1. The molecule has 5 nitrogen and oxygen atoms in total. The van der Waals surface area contributed by atoms with Gasteiger partial charge in [0.2, 0.25) is 5.91 Å². The van der Waals surface area contributed by atoms with Crippen molar-refractivity contribution in [1.29, 1.82) is 0 Å². The maximum atomic E-state index is 13.0. The van der Waals surface area contributed by atoms with Crippen LogP contribution in [0.5, 0.6) is 0 Å². The van der Waals surface area contributed by atoms with Crippen LogP contribution >= 0.6 is 34.3 Å².